The van der Waals surface area contributed by atoms with E-state index in [1.165, 1.54) is 0 Å². The highest BCUT2D eigenvalue weighted by Gasteiger charge is 2.03. The number of aromatic nitrogens is 3. The molecular formula is C19H16ClN3. The molecule has 0 aliphatic heterocycles. The van der Waals surface area contributed by atoms with Gasteiger partial charge in [-0.1, -0.05) is 29.7 Å². The fraction of sp³-hybridized carbons (Fsp3) is 0.158. The predicted octanol–water partition coefficient (Wildman–Crippen LogP) is 4.00. The van der Waals surface area contributed by atoms with Crippen LogP contribution < -0.4 is 0 Å². The Balaban J connectivity index is 1.80. The second kappa shape index (κ2) is 6.68. The maximum atomic E-state index is 5.96. The van der Waals surface area contributed by atoms with Gasteiger partial charge in [0.2, 0.25) is 0 Å². The summed E-state index contributed by atoms with van der Waals surface area (Å²) in [7, 11) is 0. The maximum absolute atomic E-state index is 5.96. The molecule has 0 saturated heterocycles. The third-order valence-corrected chi connectivity index (χ3v) is 3.70. The number of hydrogen-bond donors (Lipinski definition) is 0. The Kier molecular flexibility index (Phi) is 4.45. The van der Waals surface area contributed by atoms with Gasteiger partial charge in [-0.05, 0) is 49.6 Å². The highest BCUT2D eigenvalue weighted by molar-refractivity contribution is 6.30. The SMILES string of the molecule is Cc1ccc(Cn2cc(C#Cc3cccc(Cl)c3)nc2C)cn1. The standard InChI is InChI=1S/C19H16ClN3/c1-14-6-7-17(11-21-14)12-23-13-19(22-15(23)2)9-8-16-4-3-5-18(20)10-16/h3-7,10-11,13H,12H2,1-2H3. The summed E-state index contributed by atoms with van der Waals surface area (Å²) in [4.78, 5) is 8.82. The van der Waals surface area contributed by atoms with E-state index in [4.69, 9.17) is 11.6 Å². The minimum Gasteiger partial charge on any atom is -0.329 e. The third kappa shape index (κ3) is 4.00. The van der Waals surface area contributed by atoms with Crippen LogP contribution in [-0.2, 0) is 6.54 Å². The Hall–Kier alpha value is -2.57. The van der Waals surface area contributed by atoms with Gasteiger partial charge in [0.25, 0.3) is 0 Å². The summed E-state index contributed by atoms with van der Waals surface area (Å²) in [5.41, 5.74) is 3.80. The number of benzene rings is 1. The van der Waals surface area contributed by atoms with E-state index in [9.17, 15) is 0 Å². The van der Waals surface area contributed by atoms with Crippen molar-refractivity contribution >= 4 is 11.6 Å². The van der Waals surface area contributed by atoms with Crippen molar-refractivity contribution in [3.63, 3.8) is 0 Å². The van der Waals surface area contributed by atoms with Gasteiger partial charge < -0.3 is 4.57 Å². The van der Waals surface area contributed by atoms with Crippen molar-refractivity contribution in [3.8, 4) is 11.8 Å². The summed E-state index contributed by atoms with van der Waals surface area (Å²) in [5.74, 6) is 7.11. The molecule has 3 rings (SSSR count). The van der Waals surface area contributed by atoms with Crippen molar-refractivity contribution in [1.82, 2.24) is 14.5 Å². The quantitative estimate of drug-likeness (QED) is 0.668. The Labute approximate surface area is 141 Å². The first kappa shape index (κ1) is 15.3. The average Bonchev–Trinajstić information content (AvgIpc) is 2.88. The van der Waals surface area contributed by atoms with Gasteiger partial charge >= 0.3 is 0 Å². The summed E-state index contributed by atoms with van der Waals surface area (Å²) in [6, 6.07) is 11.6. The highest BCUT2D eigenvalue weighted by Crippen LogP contribution is 2.10. The molecule has 0 amide bonds. The van der Waals surface area contributed by atoms with Gasteiger partial charge in [0.1, 0.15) is 11.5 Å². The zero-order chi connectivity index (χ0) is 16.2. The van der Waals surface area contributed by atoms with Crippen molar-refractivity contribution in [1.29, 1.82) is 0 Å². The van der Waals surface area contributed by atoms with Crippen LogP contribution in [0.25, 0.3) is 0 Å². The van der Waals surface area contributed by atoms with Crippen LogP contribution in [0.15, 0.2) is 48.8 Å². The highest BCUT2D eigenvalue weighted by atomic mass is 35.5. The smallest absolute Gasteiger partial charge is 0.131 e. The maximum Gasteiger partial charge on any atom is 0.131 e. The van der Waals surface area contributed by atoms with Crippen molar-refractivity contribution in [2.75, 3.05) is 0 Å². The summed E-state index contributed by atoms with van der Waals surface area (Å²) in [5, 5.41) is 0.686. The molecule has 0 saturated carbocycles. The monoisotopic (exact) mass is 321 g/mol. The molecule has 3 nitrogen and oxygen atoms in total. The Morgan fingerprint density at radius 2 is 2.00 bits per heavy atom. The topological polar surface area (TPSA) is 30.7 Å². The van der Waals surface area contributed by atoms with E-state index < -0.39 is 0 Å². The van der Waals surface area contributed by atoms with Crippen molar-refractivity contribution in [2.45, 2.75) is 20.4 Å². The molecule has 0 unspecified atom stereocenters. The van der Waals surface area contributed by atoms with Crippen LogP contribution in [0.5, 0.6) is 0 Å². The van der Waals surface area contributed by atoms with Crippen LogP contribution in [0.4, 0.5) is 0 Å². The third-order valence-electron chi connectivity index (χ3n) is 3.46. The van der Waals surface area contributed by atoms with Crippen LogP contribution in [0.1, 0.15) is 28.3 Å². The van der Waals surface area contributed by atoms with Gasteiger partial charge in [0, 0.05) is 28.7 Å². The van der Waals surface area contributed by atoms with E-state index in [1.807, 2.05) is 56.6 Å². The molecule has 3 aromatic rings. The molecule has 23 heavy (non-hydrogen) atoms. The van der Waals surface area contributed by atoms with Gasteiger partial charge in [-0.25, -0.2) is 4.98 Å². The molecule has 0 atom stereocenters. The fourth-order valence-corrected chi connectivity index (χ4v) is 2.41. The first-order valence-electron chi connectivity index (χ1n) is 7.33. The Bertz CT molecular complexity index is 883. The van der Waals surface area contributed by atoms with Crippen LogP contribution in [0, 0.1) is 25.7 Å². The molecule has 0 aliphatic carbocycles. The Morgan fingerprint density at radius 1 is 1.13 bits per heavy atom. The number of imidazole rings is 1. The second-order valence-corrected chi connectivity index (χ2v) is 5.81. The van der Waals surface area contributed by atoms with Crippen LogP contribution in [0.2, 0.25) is 5.02 Å². The summed E-state index contributed by atoms with van der Waals surface area (Å²) >= 11 is 5.96. The molecule has 1 aromatic carbocycles. The van der Waals surface area contributed by atoms with Gasteiger partial charge in [-0.2, -0.15) is 0 Å². The van der Waals surface area contributed by atoms with Gasteiger partial charge in [-0.3, -0.25) is 4.98 Å². The second-order valence-electron chi connectivity index (χ2n) is 5.37. The molecule has 4 heteroatoms. The van der Waals surface area contributed by atoms with Gasteiger partial charge in [-0.15, -0.1) is 0 Å². The molecule has 2 aromatic heterocycles. The summed E-state index contributed by atoms with van der Waals surface area (Å²) < 4.78 is 2.08. The van der Waals surface area contributed by atoms with Gasteiger partial charge in [0.05, 0.1) is 6.54 Å². The number of halogens is 1. The molecule has 0 radical (unpaired) electrons. The Morgan fingerprint density at radius 3 is 2.74 bits per heavy atom. The van der Waals surface area contributed by atoms with E-state index in [1.54, 1.807) is 0 Å². The molecule has 0 fully saturated rings. The van der Waals surface area contributed by atoms with Crippen molar-refractivity contribution in [3.05, 3.63) is 82.2 Å². The first-order valence-corrected chi connectivity index (χ1v) is 7.71. The number of rotatable bonds is 2. The van der Waals surface area contributed by atoms with Crippen LogP contribution >= 0.6 is 11.6 Å². The summed E-state index contributed by atoms with van der Waals surface area (Å²) in [6.45, 7) is 4.70. The van der Waals surface area contributed by atoms with E-state index >= 15 is 0 Å². The first-order chi connectivity index (χ1) is 11.1. The number of hydrogen-bond acceptors (Lipinski definition) is 2. The van der Waals surface area contributed by atoms with E-state index in [0.29, 0.717) is 5.02 Å². The van der Waals surface area contributed by atoms with Crippen molar-refractivity contribution < 1.29 is 0 Å². The average molecular weight is 322 g/mol. The lowest BCUT2D eigenvalue weighted by atomic mass is 10.2. The fourth-order valence-electron chi connectivity index (χ4n) is 2.22. The van der Waals surface area contributed by atoms with E-state index in [0.717, 1.165) is 34.9 Å². The molecule has 0 bridgehead atoms. The number of aryl methyl sites for hydroxylation is 2. The molecule has 0 spiro atoms. The van der Waals surface area contributed by atoms with Gasteiger partial charge in [0.15, 0.2) is 0 Å². The zero-order valence-corrected chi connectivity index (χ0v) is 13.8. The lowest BCUT2D eigenvalue weighted by molar-refractivity contribution is 0.758. The largest absolute Gasteiger partial charge is 0.329 e. The van der Waals surface area contributed by atoms with E-state index in [2.05, 4.69) is 32.4 Å². The van der Waals surface area contributed by atoms with E-state index in [-0.39, 0.29) is 0 Å². The molecule has 0 N–H and O–H groups in total. The summed E-state index contributed by atoms with van der Waals surface area (Å²) in [6.07, 6.45) is 3.86. The molecular weight excluding hydrogens is 306 g/mol. The van der Waals surface area contributed by atoms with Crippen LogP contribution in [0.3, 0.4) is 0 Å². The lowest BCUT2D eigenvalue weighted by Gasteiger charge is -2.04. The lowest BCUT2D eigenvalue weighted by Crippen LogP contribution is -2.01. The predicted molar refractivity (Wildman–Crippen MR) is 92.5 cm³/mol. The molecule has 114 valence electrons. The van der Waals surface area contributed by atoms with Crippen LogP contribution in [-0.4, -0.2) is 14.5 Å². The minimum absolute atomic E-state index is 0.686. The normalized spacial score (nSPS) is 10.2. The number of nitrogens with zero attached hydrogens (tertiary/aromatic N) is 3. The minimum atomic E-state index is 0.686. The zero-order valence-electron chi connectivity index (χ0n) is 13.0. The molecule has 0 aliphatic rings. The number of pyridine rings is 1. The molecule has 2 heterocycles. The van der Waals surface area contributed by atoms with Crippen molar-refractivity contribution in [2.24, 2.45) is 0 Å².